The van der Waals surface area contributed by atoms with E-state index in [1.165, 1.54) is 10.5 Å². The molecule has 0 spiro atoms. The summed E-state index contributed by atoms with van der Waals surface area (Å²) >= 11 is 0. The zero-order chi connectivity index (χ0) is 10.8. The maximum Gasteiger partial charge on any atom is 0.233 e. The highest BCUT2D eigenvalue weighted by Crippen LogP contribution is 2.14. The number of pyridine rings is 1. The third-order valence-electron chi connectivity index (χ3n) is 1.71. The topological polar surface area (TPSA) is 76.3 Å². The second-order valence-corrected chi connectivity index (χ2v) is 4.78. The van der Waals surface area contributed by atoms with E-state index >= 15 is 0 Å². The van der Waals surface area contributed by atoms with Gasteiger partial charge in [0.1, 0.15) is 5.82 Å². The van der Waals surface area contributed by atoms with E-state index in [1.54, 1.807) is 19.1 Å². The first-order valence-corrected chi connectivity index (χ1v) is 5.99. The number of sulfonamides is 1. The van der Waals surface area contributed by atoms with Crippen LogP contribution >= 0.6 is 0 Å². The van der Waals surface area contributed by atoms with Gasteiger partial charge in [-0.15, -0.1) is 0 Å². The third kappa shape index (κ3) is 2.35. The molecule has 1 aromatic rings. The summed E-state index contributed by atoms with van der Waals surface area (Å²) in [6, 6.07) is 3.20. The van der Waals surface area contributed by atoms with Crippen LogP contribution in [0.1, 0.15) is 6.92 Å². The van der Waals surface area contributed by atoms with E-state index in [0.29, 0.717) is 18.1 Å². The molecule has 0 unspecified atom stereocenters. The van der Waals surface area contributed by atoms with Gasteiger partial charge in [-0.2, -0.15) is 0 Å². The molecule has 0 radical (unpaired) electrons. The summed E-state index contributed by atoms with van der Waals surface area (Å²) in [5.74, 6) is 0.393. The standard InChI is InChI=1S/C8H13N3O2S/c1-3-11(14(2,12)13)8-5-4-7(9)6-10-8/h4-6H,3,9H2,1-2H3. The quantitative estimate of drug-likeness (QED) is 0.794. The number of nitrogens with two attached hydrogens (primary N) is 1. The molecule has 1 aromatic heterocycles. The number of anilines is 2. The Kier molecular flexibility index (Phi) is 2.95. The van der Waals surface area contributed by atoms with E-state index < -0.39 is 10.0 Å². The van der Waals surface area contributed by atoms with E-state index in [0.717, 1.165) is 6.26 Å². The highest BCUT2D eigenvalue weighted by Gasteiger charge is 2.15. The molecule has 78 valence electrons. The van der Waals surface area contributed by atoms with Crippen molar-refractivity contribution in [3.05, 3.63) is 18.3 Å². The van der Waals surface area contributed by atoms with E-state index in [4.69, 9.17) is 5.73 Å². The molecule has 0 atom stereocenters. The molecule has 0 saturated carbocycles. The normalized spacial score (nSPS) is 11.3. The van der Waals surface area contributed by atoms with E-state index in [2.05, 4.69) is 4.98 Å². The Morgan fingerprint density at radius 2 is 2.14 bits per heavy atom. The van der Waals surface area contributed by atoms with Crippen molar-refractivity contribution in [3.63, 3.8) is 0 Å². The predicted molar refractivity (Wildman–Crippen MR) is 56.5 cm³/mol. The molecule has 0 bridgehead atoms. The second kappa shape index (κ2) is 3.83. The smallest absolute Gasteiger partial charge is 0.233 e. The number of nitrogens with zero attached hydrogens (tertiary/aromatic N) is 2. The zero-order valence-corrected chi connectivity index (χ0v) is 8.95. The Morgan fingerprint density at radius 1 is 1.50 bits per heavy atom. The van der Waals surface area contributed by atoms with Crippen LogP contribution in [-0.4, -0.2) is 26.2 Å². The number of hydrogen-bond acceptors (Lipinski definition) is 4. The summed E-state index contributed by atoms with van der Waals surface area (Å²) in [4.78, 5) is 3.94. The van der Waals surface area contributed by atoms with Gasteiger partial charge in [0.15, 0.2) is 0 Å². The lowest BCUT2D eigenvalue weighted by molar-refractivity contribution is 0.597. The minimum atomic E-state index is -3.25. The van der Waals surface area contributed by atoms with Crippen LogP contribution in [0.3, 0.4) is 0 Å². The van der Waals surface area contributed by atoms with Crippen LogP contribution in [0.5, 0.6) is 0 Å². The van der Waals surface area contributed by atoms with E-state index in [1.807, 2.05) is 0 Å². The molecular weight excluding hydrogens is 202 g/mol. The van der Waals surface area contributed by atoms with Crippen molar-refractivity contribution in [2.24, 2.45) is 0 Å². The molecule has 0 fully saturated rings. The van der Waals surface area contributed by atoms with Gasteiger partial charge in [0.05, 0.1) is 18.1 Å². The lowest BCUT2D eigenvalue weighted by Crippen LogP contribution is -2.30. The summed E-state index contributed by atoms with van der Waals surface area (Å²) in [7, 11) is -3.25. The first-order chi connectivity index (χ1) is 6.45. The summed E-state index contributed by atoms with van der Waals surface area (Å²) in [5, 5.41) is 0. The number of nitrogen functional groups attached to an aromatic ring is 1. The fraction of sp³-hybridized carbons (Fsp3) is 0.375. The molecule has 0 amide bonds. The predicted octanol–water partition coefficient (Wildman–Crippen LogP) is 0.450. The third-order valence-corrected chi connectivity index (χ3v) is 2.96. The fourth-order valence-corrected chi connectivity index (χ4v) is 2.03. The van der Waals surface area contributed by atoms with Gasteiger partial charge >= 0.3 is 0 Å². The monoisotopic (exact) mass is 215 g/mol. The molecule has 0 aliphatic heterocycles. The van der Waals surface area contributed by atoms with Gasteiger partial charge < -0.3 is 5.73 Å². The largest absolute Gasteiger partial charge is 0.397 e. The first kappa shape index (κ1) is 10.8. The Labute approximate surface area is 83.6 Å². The molecule has 1 heterocycles. The first-order valence-electron chi connectivity index (χ1n) is 4.14. The van der Waals surface area contributed by atoms with Crippen molar-refractivity contribution < 1.29 is 8.42 Å². The lowest BCUT2D eigenvalue weighted by atomic mass is 10.4. The van der Waals surface area contributed by atoms with Gasteiger partial charge in [0.25, 0.3) is 0 Å². The fourth-order valence-electron chi connectivity index (χ4n) is 1.11. The Balaban J connectivity index is 3.08. The minimum absolute atomic E-state index is 0.357. The number of aromatic nitrogens is 1. The summed E-state index contributed by atoms with van der Waals surface area (Å²) in [6.45, 7) is 2.11. The molecule has 0 aliphatic rings. The van der Waals surface area contributed by atoms with Gasteiger partial charge in [0.2, 0.25) is 10.0 Å². The average molecular weight is 215 g/mol. The molecule has 1 rings (SSSR count). The van der Waals surface area contributed by atoms with Crippen molar-refractivity contribution in [2.45, 2.75) is 6.92 Å². The summed E-state index contributed by atoms with van der Waals surface area (Å²) in [5.41, 5.74) is 5.96. The minimum Gasteiger partial charge on any atom is -0.397 e. The average Bonchev–Trinajstić information content (AvgIpc) is 2.07. The molecule has 2 N–H and O–H groups in total. The summed E-state index contributed by atoms with van der Waals surface area (Å²) < 4.78 is 23.8. The molecule has 5 nitrogen and oxygen atoms in total. The van der Waals surface area contributed by atoms with Crippen molar-refractivity contribution in [1.29, 1.82) is 0 Å². The van der Waals surface area contributed by atoms with Gasteiger partial charge in [-0.3, -0.25) is 4.31 Å². The van der Waals surface area contributed by atoms with Gasteiger partial charge in [-0.05, 0) is 19.1 Å². The van der Waals surface area contributed by atoms with Crippen LogP contribution in [-0.2, 0) is 10.0 Å². The molecule has 6 heteroatoms. The zero-order valence-electron chi connectivity index (χ0n) is 8.14. The molecule has 0 aliphatic carbocycles. The molecule has 0 saturated heterocycles. The van der Waals surface area contributed by atoms with Crippen LogP contribution in [0.4, 0.5) is 11.5 Å². The maximum absolute atomic E-state index is 11.3. The van der Waals surface area contributed by atoms with Crippen LogP contribution in [0.15, 0.2) is 18.3 Å². The Morgan fingerprint density at radius 3 is 2.50 bits per heavy atom. The van der Waals surface area contributed by atoms with E-state index in [-0.39, 0.29) is 0 Å². The van der Waals surface area contributed by atoms with E-state index in [9.17, 15) is 8.42 Å². The SMILES string of the molecule is CCN(c1ccc(N)cn1)S(C)(=O)=O. The Hall–Kier alpha value is -1.30. The lowest BCUT2D eigenvalue weighted by Gasteiger charge is -2.18. The number of rotatable bonds is 3. The van der Waals surface area contributed by atoms with Crippen LogP contribution in [0.25, 0.3) is 0 Å². The van der Waals surface area contributed by atoms with Gasteiger partial charge in [0, 0.05) is 6.54 Å². The van der Waals surface area contributed by atoms with Crippen LogP contribution in [0.2, 0.25) is 0 Å². The highest BCUT2D eigenvalue weighted by molar-refractivity contribution is 7.92. The van der Waals surface area contributed by atoms with Crippen molar-refractivity contribution in [2.75, 3.05) is 22.8 Å². The van der Waals surface area contributed by atoms with Crippen molar-refractivity contribution in [3.8, 4) is 0 Å². The molecular formula is C8H13N3O2S. The van der Waals surface area contributed by atoms with Crippen molar-refractivity contribution in [1.82, 2.24) is 4.98 Å². The van der Waals surface area contributed by atoms with Crippen LogP contribution in [0, 0.1) is 0 Å². The summed E-state index contributed by atoms with van der Waals surface area (Å²) in [6.07, 6.45) is 2.58. The number of hydrogen-bond donors (Lipinski definition) is 1. The second-order valence-electron chi connectivity index (χ2n) is 2.88. The molecule has 0 aromatic carbocycles. The van der Waals surface area contributed by atoms with Gasteiger partial charge in [-0.1, -0.05) is 0 Å². The Bertz CT molecular complexity index is 399. The van der Waals surface area contributed by atoms with Gasteiger partial charge in [-0.25, -0.2) is 13.4 Å². The molecule has 14 heavy (non-hydrogen) atoms. The highest BCUT2D eigenvalue weighted by atomic mass is 32.2. The maximum atomic E-state index is 11.3. The van der Waals surface area contributed by atoms with Crippen LogP contribution < -0.4 is 10.0 Å². The van der Waals surface area contributed by atoms with Crippen molar-refractivity contribution >= 4 is 21.5 Å².